The van der Waals surface area contributed by atoms with Gasteiger partial charge in [-0.1, -0.05) is 32.9 Å². The first-order valence-electron chi connectivity index (χ1n) is 10.6. The molecular formula is C23H40N2O5. The maximum absolute atomic E-state index is 12.8. The minimum atomic E-state index is -0.590. The van der Waals surface area contributed by atoms with Gasteiger partial charge in [0.15, 0.2) is 0 Å². The second-order valence-electron chi connectivity index (χ2n) is 8.72. The number of rotatable bonds is 15. The number of hydrogen-bond acceptors (Lipinski definition) is 5. The second kappa shape index (κ2) is 14.8. The third-order valence-electron chi connectivity index (χ3n) is 4.75. The molecular weight excluding hydrogens is 384 g/mol. The van der Waals surface area contributed by atoms with Crippen LogP contribution in [0.25, 0.3) is 0 Å². The fraction of sp³-hybridized carbons (Fsp3) is 0.696. The van der Waals surface area contributed by atoms with Crippen LogP contribution in [0.15, 0.2) is 25.3 Å². The summed E-state index contributed by atoms with van der Waals surface area (Å²) < 4.78 is 5.39. The molecule has 2 amide bonds. The number of nitrogens with one attached hydrogen (secondary N) is 2. The van der Waals surface area contributed by atoms with Crippen LogP contribution in [0.1, 0.15) is 66.2 Å². The Balaban J connectivity index is 4.88. The lowest BCUT2D eigenvalue weighted by Gasteiger charge is -2.32. The molecule has 0 aliphatic carbocycles. The van der Waals surface area contributed by atoms with E-state index in [4.69, 9.17) is 9.84 Å². The van der Waals surface area contributed by atoms with E-state index in [1.165, 1.54) is 0 Å². The highest BCUT2D eigenvalue weighted by molar-refractivity contribution is 5.86. The fourth-order valence-corrected chi connectivity index (χ4v) is 2.69. The molecule has 0 saturated heterocycles. The van der Waals surface area contributed by atoms with Crippen LogP contribution in [0.3, 0.4) is 0 Å². The van der Waals surface area contributed by atoms with Crippen molar-refractivity contribution in [1.29, 1.82) is 0 Å². The third kappa shape index (κ3) is 12.4. The Labute approximate surface area is 181 Å². The summed E-state index contributed by atoms with van der Waals surface area (Å²) in [6, 6.07) is -0.771. The van der Waals surface area contributed by atoms with Crippen molar-refractivity contribution in [2.45, 2.75) is 78.3 Å². The predicted octanol–water partition coefficient (Wildman–Crippen LogP) is 2.89. The first-order valence-corrected chi connectivity index (χ1v) is 10.6. The number of carbonyl (C=O) groups is 3. The average molecular weight is 425 g/mol. The third-order valence-corrected chi connectivity index (χ3v) is 4.75. The molecule has 3 N–H and O–H groups in total. The smallest absolute Gasteiger partial charge is 0.305 e. The molecule has 0 aromatic rings. The summed E-state index contributed by atoms with van der Waals surface area (Å²) in [5.41, 5.74) is -0.342. The topological polar surface area (TPSA) is 105 Å². The summed E-state index contributed by atoms with van der Waals surface area (Å²) in [7, 11) is 0. The molecule has 0 fully saturated rings. The van der Waals surface area contributed by atoms with Gasteiger partial charge in [0.1, 0.15) is 6.61 Å². The normalized spacial score (nSPS) is 14.2. The molecule has 0 aliphatic heterocycles. The van der Waals surface area contributed by atoms with Crippen LogP contribution in [0.4, 0.5) is 0 Å². The zero-order valence-electron chi connectivity index (χ0n) is 19.0. The summed E-state index contributed by atoms with van der Waals surface area (Å²) in [5, 5.41) is 14.7. The van der Waals surface area contributed by atoms with E-state index >= 15 is 0 Å². The zero-order valence-corrected chi connectivity index (χ0v) is 19.0. The van der Waals surface area contributed by atoms with E-state index in [0.717, 1.165) is 19.3 Å². The molecule has 7 heteroatoms. The van der Waals surface area contributed by atoms with Gasteiger partial charge in [0, 0.05) is 18.9 Å². The zero-order chi connectivity index (χ0) is 23.2. The van der Waals surface area contributed by atoms with E-state index in [1.807, 2.05) is 26.8 Å². The molecule has 0 aliphatic rings. The SMILES string of the molecule is C=CCCCCC(=O)OC[C@@H](NC(=O)[C@H](CC=C)CC(=O)N[C@H](C)CO)C(C)(C)C. The molecule has 0 aromatic carbocycles. The van der Waals surface area contributed by atoms with Crippen molar-refractivity contribution < 1.29 is 24.2 Å². The summed E-state index contributed by atoms with van der Waals surface area (Å²) >= 11 is 0. The van der Waals surface area contributed by atoms with E-state index in [-0.39, 0.29) is 48.9 Å². The van der Waals surface area contributed by atoms with Crippen LogP contribution in [-0.2, 0) is 19.1 Å². The highest BCUT2D eigenvalue weighted by atomic mass is 16.5. The summed E-state index contributed by atoms with van der Waals surface area (Å²) in [4.78, 5) is 37.0. The number of unbranched alkanes of at least 4 members (excludes halogenated alkanes) is 2. The van der Waals surface area contributed by atoms with Crippen LogP contribution in [0.5, 0.6) is 0 Å². The number of hydrogen-bond donors (Lipinski definition) is 3. The van der Waals surface area contributed by atoms with Gasteiger partial charge in [-0.3, -0.25) is 14.4 Å². The number of carbonyl (C=O) groups excluding carboxylic acids is 3. The molecule has 0 spiro atoms. The summed E-state index contributed by atoms with van der Waals surface area (Å²) in [6.45, 7) is 14.8. The fourth-order valence-electron chi connectivity index (χ4n) is 2.69. The van der Waals surface area contributed by atoms with Gasteiger partial charge in [0.25, 0.3) is 0 Å². The van der Waals surface area contributed by atoms with Crippen LogP contribution in [0, 0.1) is 11.3 Å². The predicted molar refractivity (Wildman–Crippen MR) is 119 cm³/mol. The molecule has 0 aromatic heterocycles. The first-order chi connectivity index (χ1) is 14.0. The molecule has 0 rings (SSSR count). The van der Waals surface area contributed by atoms with E-state index in [2.05, 4.69) is 23.8 Å². The van der Waals surface area contributed by atoms with E-state index in [0.29, 0.717) is 12.8 Å². The lowest BCUT2D eigenvalue weighted by molar-refractivity contribution is -0.146. The van der Waals surface area contributed by atoms with Crippen LogP contribution < -0.4 is 10.6 Å². The number of allylic oxidation sites excluding steroid dienone is 2. The Kier molecular flexibility index (Phi) is 13.7. The first kappa shape index (κ1) is 27.8. The van der Waals surface area contributed by atoms with Gasteiger partial charge in [-0.25, -0.2) is 0 Å². The van der Waals surface area contributed by atoms with Gasteiger partial charge in [-0.05, 0) is 38.0 Å². The Morgan fingerprint density at radius 2 is 1.77 bits per heavy atom. The van der Waals surface area contributed by atoms with E-state index in [9.17, 15) is 14.4 Å². The minimum Gasteiger partial charge on any atom is -0.463 e. The van der Waals surface area contributed by atoms with Gasteiger partial charge in [-0.15, -0.1) is 13.2 Å². The lowest BCUT2D eigenvalue weighted by atomic mass is 9.86. The summed E-state index contributed by atoms with van der Waals surface area (Å²) in [6.07, 6.45) is 6.57. The molecule has 7 nitrogen and oxygen atoms in total. The number of esters is 1. The van der Waals surface area contributed by atoms with Crippen molar-refractivity contribution in [1.82, 2.24) is 10.6 Å². The molecule has 30 heavy (non-hydrogen) atoms. The minimum absolute atomic E-state index is 0.0118. The Morgan fingerprint density at radius 3 is 2.30 bits per heavy atom. The van der Waals surface area contributed by atoms with Crippen molar-refractivity contribution in [3.05, 3.63) is 25.3 Å². The van der Waals surface area contributed by atoms with Gasteiger partial charge in [-0.2, -0.15) is 0 Å². The number of ether oxygens (including phenoxy) is 1. The van der Waals surface area contributed by atoms with Crippen molar-refractivity contribution in [3.8, 4) is 0 Å². The maximum Gasteiger partial charge on any atom is 0.305 e. The monoisotopic (exact) mass is 424 g/mol. The van der Waals surface area contributed by atoms with Gasteiger partial charge in [0.05, 0.1) is 18.6 Å². The van der Waals surface area contributed by atoms with Gasteiger partial charge < -0.3 is 20.5 Å². The lowest BCUT2D eigenvalue weighted by Crippen LogP contribution is -2.49. The van der Waals surface area contributed by atoms with Crippen molar-refractivity contribution >= 4 is 17.8 Å². The highest BCUT2D eigenvalue weighted by Crippen LogP contribution is 2.21. The van der Waals surface area contributed by atoms with Crippen molar-refractivity contribution in [2.75, 3.05) is 13.2 Å². The Morgan fingerprint density at radius 1 is 1.10 bits per heavy atom. The highest BCUT2D eigenvalue weighted by Gasteiger charge is 2.30. The molecule has 0 radical (unpaired) electrons. The molecule has 172 valence electrons. The summed E-state index contributed by atoms with van der Waals surface area (Å²) in [5.74, 6) is -1.48. The molecule has 0 heterocycles. The van der Waals surface area contributed by atoms with Crippen molar-refractivity contribution in [3.63, 3.8) is 0 Å². The van der Waals surface area contributed by atoms with Gasteiger partial charge in [0.2, 0.25) is 11.8 Å². The maximum atomic E-state index is 12.8. The number of amides is 2. The van der Waals surface area contributed by atoms with Crippen molar-refractivity contribution in [2.24, 2.45) is 11.3 Å². The largest absolute Gasteiger partial charge is 0.463 e. The van der Waals surface area contributed by atoms with E-state index in [1.54, 1.807) is 13.0 Å². The number of aliphatic hydroxyl groups is 1. The molecule has 0 bridgehead atoms. The van der Waals surface area contributed by atoms with Crippen LogP contribution in [-0.4, -0.2) is 48.2 Å². The molecule has 0 saturated carbocycles. The molecule has 3 atom stereocenters. The average Bonchev–Trinajstić information content (AvgIpc) is 2.66. The van der Waals surface area contributed by atoms with E-state index < -0.39 is 12.0 Å². The van der Waals surface area contributed by atoms with Crippen LogP contribution >= 0.6 is 0 Å². The Bertz CT molecular complexity index is 568. The quantitative estimate of drug-likeness (QED) is 0.213. The van der Waals surface area contributed by atoms with Gasteiger partial charge >= 0.3 is 5.97 Å². The number of aliphatic hydroxyl groups excluding tert-OH is 1. The van der Waals surface area contributed by atoms with Crippen LogP contribution in [0.2, 0.25) is 0 Å². The molecule has 0 unspecified atom stereocenters. The second-order valence-corrected chi connectivity index (χ2v) is 8.72. The standard InChI is InChI=1S/C23H40N2O5/c1-7-9-10-11-13-21(28)30-16-19(23(4,5)6)25-22(29)18(12-8-2)14-20(27)24-17(3)15-26/h7-8,17-19,26H,1-2,9-16H2,3-6H3,(H,24,27)(H,25,29)/t17-,18-,19-/m1/s1. The Hall–Kier alpha value is -2.15.